The van der Waals surface area contributed by atoms with E-state index in [1.165, 1.54) is 5.56 Å². The fourth-order valence-corrected chi connectivity index (χ4v) is 3.68. The van der Waals surface area contributed by atoms with Crippen LogP contribution in [0.5, 0.6) is 0 Å². The lowest BCUT2D eigenvalue weighted by Gasteiger charge is -2.35. The van der Waals surface area contributed by atoms with Crippen molar-refractivity contribution in [2.45, 2.75) is 19.8 Å². The standard InChI is InChI=1S/C23H26N4O/c1-19-16-27(18-24-19)22-11-9-21(10-12-22)26-15-14-25(23(28)17-26)13-5-8-20-6-3-2-4-7-20/h2-4,6-7,9-12,16,18H,5,8,13-15,17H2,1H3. The van der Waals surface area contributed by atoms with Crippen LogP contribution >= 0.6 is 0 Å². The van der Waals surface area contributed by atoms with E-state index in [1.54, 1.807) is 0 Å². The molecular formula is C23H26N4O. The number of piperazine rings is 1. The van der Waals surface area contributed by atoms with Gasteiger partial charge in [0.25, 0.3) is 0 Å². The van der Waals surface area contributed by atoms with Crippen LogP contribution in [0.25, 0.3) is 5.69 Å². The van der Waals surface area contributed by atoms with Crippen molar-refractivity contribution in [3.05, 3.63) is 78.4 Å². The van der Waals surface area contributed by atoms with E-state index < -0.39 is 0 Å². The molecule has 1 aromatic heterocycles. The molecule has 0 aliphatic carbocycles. The fraction of sp³-hybridized carbons (Fsp3) is 0.304. The summed E-state index contributed by atoms with van der Waals surface area (Å²) in [5.74, 6) is 0.216. The van der Waals surface area contributed by atoms with Gasteiger partial charge in [-0.1, -0.05) is 30.3 Å². The summed E-state index contributed by atoms with van der Waals surface area (Å²) in [6.45, 7) is 4.93. The van der Waals surface area contributed by atoms with Crippen LogP contribution in [0.15, 0.2) is 67.1 Å². The van der Waals surface area contributed by atoms with Gasteiger partial charge in [-0.05, 0) is 49.6 Å². The van der Waals surface area contributed by atoms with Gasteiger partial charge in [0.2, 0.25) is 5.91 Å². The van der Waals surface area contributed by atoms with Gasteiger partial charge >= 0.3 is 0 Å². The third kappa shape index (κ3) is 4.25. The van der Waals surface area contributed by atoms with Crippen LogP contribution < -0.4 is 4.90 Å². The summed E-state index contributed by atoms with van der Waals surface area (Å²) in [5, 5.41) is 0. The number of rotatable bonds is 6. The lowest BCUT2D eigenvalue weighted by atomic mass is 10.1. The molecule has 5 nitrogen and oxygen atoms in total. The maximum atomic E-state index is 12.6. The first-order valence-corrected chi connectivity index (χ1v) is 9.87. The molecule has 5 heteroatoms. The molecule has 3 aromatic rings. The number of nitrogens with zero attached hydrogens (tertiary/aromatic N) is 4. The Labute approximate surface area is 166 Å². The molecule has 0 saturated carbocycles. The Morgan fingerprint density at radius 1 is 0.964 bits per heavy atom. The van der Waals surface area contributed by atoms with Gasteiger partial charge in [0.05, 0.1) is 18.6 Å². The van der Waals surface area contributed by atoms with Crippen molar-refractivity contribution in [3.8, 4) is 5.69 Å². The zero-order chi connectivity index (χ0) is 19.3. The second kappa shape index (κ2) is 8.30. The number of benzene rings is 2. The van der Waals surface area contributed by atoms with Gasteiger partial charge in [0, 0.05) is 37.2 Å². The number of hydrogen-bond acceptors (Lipinski definition) is 3. The van der Waals surface area contributed by atoms with Crippen molar-refractivity contribution in [2.24, 2.45) is 0 Å². The third-order valence-electron chi connectivity index (χ3n) is 5.28. The van der Waals surface area contributed by atoms with Crippen molar-refractivity contribution >= 4 is 11.6 Å². The van der Waals surface area contributed by atoms with Crippen LogP contribution in [0.3, 0.4) is 0 Å². The van der Waals surface area contributed by atoms with Crippen molar-refractivity contribution in [1.29, 1.82) is 0 Å². The van der Waals surface area contributed by atoms with E-state index in [0.717, 1.165) is 49.5 Å². The molecular weight excluding hydrogens is 348 g/mol. The highest BCUT2D eigenvalue weighted by Gasteiger charge is 2.23. The average molecular weight is 374 g/mol. The Morgan fingerprint density at radius 2 is 1.71 bits per heavy atom. The summed E-state index contributed by atoms with van der Waals surface area (Å²) >= 11 is 0. The fourth-order valence-electron chi connectivity index (χ4n) is 3.68. The average Bonchev–Trinajstić information content (AvgIpc) is 3.16. The quantitative estimate of drug-likeness (QED) is 0.663. The van der Waals surface area contributed by atoms with Gasteiger partial charge in [0.1, 0.15) is 0 Å². The Morgan fingerprint density at radius 3 is 2.39 bits per heavy atom. The number of carbonyl (C=O) groups excluding carboxylic acids is 1. The normalized spacial score (nSPS) is 14.5. The van der Waals surface area contributed by atoms with Gasteiger partial charge in [-0.25, -0.2) is 4.98 Å². The predicted molar refractivity (Wildman–Crippen MR) is 112 cm³/mol. The molecule has 28 heavy (non-hydrogen) atoms. The Balaban J connectivity index is 1.30. The zero-order valence-corrected chi connectivity index (χ0v) is 16.3. The topological polar surface area (TPSA) is 41.4 Å². The van der Waals surface area contributed by atoms with Gasteiger partial charge in [0.15, 0.2) is 0 Å². The monoisotopic (exact) mass is 374 g/mol. The third-order valence-corrected chi connectivity index (χ3v) is 5.28. The summed E-state index contributed by atoms with van der Waals surface area (Å²) in [7, 11) is 0. The van der Waals surface area contributed by atoms with Crippen LogP contribution in [-0.4, -0.2) is 46.5 Å². The van der Waals surface area contributed by atoms with Crippen LogP contribution in [0, 0.1) is 6.92 Å². The summed E-state index contributed by atoms with van der Waals surface area (Å²) in [6, 6.07) is 18.8. The summed E-state index contributed by atoms with van der Waals surface area (Å²) in [4.78, 5) is 21.0. The SMILES string of the molecule is Cc1cn(-c2ccc(N3CCN(CCCc4ccccc4)C(=O)C3)cc2)cn1. The van der Waals surface area contributed by atoms with E-state index in [1.807, 2.05) is 35.0 Å². The van der Waals surface area contributed by atoms with E-state index >= 15 is 0 Å². The number of anilines is 1. The summed E-state index contributed by atoms with van der Waals surface area (Å²) in [5.41, 5.74) is 4.51. The van der Waals surface area contributed by atoms with Crippen LogP contribution in [-0.2, 0) is 11.2 Å². The van der Waals surface area contributed by atoms with Crippen LogP contribution in [0.2, 0.25) is 0 Å². The highest BCUT2D eigenvalue weighted by Crippen LogP contribution is 2.20. The molecule has 1 aliphatic heterocycles. The molecule has 0 atom stereocenters. The number of amides is 1. The van der Waals surface area contributed by atoms with Gasteiger partial charge in [-0.15, -0.1) is 0 Å². The lowest BCUT2D eigenvalue weighted by molar-refractivity contribution is -0.131. The summed E-state index contributed by atoms with van der Waals surface area (Å²) in [6.07, 6.45) is 5.85. The number of aromatic nitrogens is 2. The molecule has 2 heterocycles. The molecule has 1 fully saturated rings. The number of hydrogen-bond donors (Lipinski definition) is 0. The van der Waals surface area contributed by atoms with E-state index in [0.29, 0.717) is 6.54 Å². The molecule has 2 aromatic carbocycles. The van der Waals surface area contributed by atoms with E-state index in [4.69, 9.17) is 0 Å². The zero-order valence-electron chi connectivity index (χ0n) is 16.3. The molecule has 1 aliphatic rings. The van der Waals surface area contributed by atoms with Crippen molar-refractivity contribution in [1.82, 2.24) is 14.5 Å². The Hall–Kier alpha value is -3.08. The maximum Gasteiger partial charge on any atom is 0.242 e. The predicted octanol–water partition coefficient (Wildman–Crippen LogP) is 3.46. The molecule has 0 spiro atoms. The Bertz CT molecular complexity index is 917. The maximum absolute atomic E-state index is 12.6. The second-order valence-corrected chi connectivity index (χ2v) is 7.33. The molecule has 0 radical (unpaired) electrons. The highest BCUT2D eigenvalue weighted by molar-refractivity contribution is 5.82. The molecule has 1 saturated heterocycles. The van der Waals surface area contributed by atoms with Gasteiger partial charge in [-0.2, -0.15) is 0 Å². The second-order valence-electron chi connectivity index (χ2n) is 7.33. The molecule has 0 bridgehead atoms. The van der Waals surface area contributed by atoms with Crippen LogP contribution in [0.1, 0.15) is 17.7 Å². The van der Waals surface area contributed by atoms with E-state index in [-0.39, 0.29) is 5.91 Å². The summed E-state index contributed by atoms with van der Waals surface area (Å²) < 4.78 is 2.01. The largest absolute Gasteiger partial charge is 0.360 e. The van der Waals surface area contributed by atoms with Crippen molar-refractivity contribution in [2.75, 3.05) is 31.1 Å². The van der Waals surface area contributed by atoms with Crippen molar-refractivity contribution < 1.29 is 4.79 Å². The smallest absolute Gasteiger partial charge is 0.242 e. The van der Waals surface area contributed by atoms with Gasteiger partial charge in [-0.3, -0.25) is 4.79 Å². The first-order valence-electron chi connectivity index (χ1n) is 9.87. The van der Waals surface area contributed by atoms with Crippen LogP contribution in [0.4, 0.5) is 5.69 Å². The number of imidazole rings is 1. The number of carbonyl (C=O) groups is 1. The first-order chi connectivity index (χ1) is 13.7. The lowest BCUT2D eigenvalue weighted by Crippen LogP contribution is -2.50. The van der Waals surface area contributed by atoms with Gasteiger partial charge < -0.3 is 14.4 Å². The first kappa shape index (κ1) is 18.3. The minimum Gasteiger partial charge on any atom is -0.360 e. The number of aryl methyl sites for hydroxylation is 2. The molecule has 1 amide bonds. The minimum atomic E-state index is 0.216. The molecule has 0 unspecified atom stereocenters. The molecule has 4 rings (SSSR count). The van der Waals surface area contributed by atoms with E-state index in [9.17, 15) is 4.79 Å². The molecule has 144 valence electrons. The molecule has 0 N–H and O–H groups in total. The minimum absolute atomic E-state index is 0.216. The van der Waals surface area contributed by atoms with E-state index in [2.05, 4.69) is 58.4 Å². The van der Waals surface area contributed by atoms with Crippen molar-refractivity contribution in [3.63, 3.8) is 0 Å². The highest BCUT2D eigenvalue weighted by atomic mass is 16.2. The Kier molecular flexibility index (Phi) is 5.42.